The number of nitrogens with one attached hydrogen (secondary N) is 2. The lowest BCUT2D eigenvalue weighted by Crippen LogP contribution is -2.27. The van der Waals surface area contributed by atoms with Crippen LogP contribution >= 0.6 is 11.8 Å². The molecule has 0 saturated heterocycles. The maximum atomic E-state index is 5.26. The molecule has 0 fully saturated rings. The summed E-state index contributed by atoms with van der Waals surface area (Å²) in [5.41, 5.74) is 4.19. The molecule has 1 aliphatic carbocycles. The van der Waals surface area contributed by atoms with E-state index in [0.717, 1.165) is 18.1 Å². The average molecular weight is 284 g/mol. The van der Waals surface area contributed by atoms with E-state index in [-0.39, 0.29) is 0 Å². The molecule has 104 valence electrons. The first-order valence-corrected chi connectivity index (χ1v) is 8.39. The summed E-state index contributed by atoms with van der Waals surface area (Å²) >= 11 is 1.82. The van der Waals surface area contributed by atoms with Crippen LogP contribution in [0.2, 0.25) is 0 Å². The molecule has 1 aromatic carbocycles. The number of hydrogen-bond acceptors (Lipinski definition) is 2. The molecular weight excluding hydrogens is 264 g/mol. The molecule has 0 aliphatic heterocycles. The van der Waals surface area contributed by atoms with Gasteiger partial charge < -0.3 is 10.3 Å². The minimum atomic E-state index is 0.470. The second-order valence-electron chi connectivity index (χ2n) is 5.22. The van der Waals surface area contributed by atoms with Crippen molar-refractivity contribution in [3.8, 4) is 12.3 Å². The van der Waals surface area contributed by atoms with Crippen molar-refractivity contribution in [1.29, 1.82) is 0 Å². The first-order chi connectivity index (χ1) is 9.90. The van der Waals surface area contributed by atoms with E-state index < -0.39 is 0 Å². The van der Waals surface area contributed by atoms with Gasteiger partial charge in [-0.1, -0.05) is 24.1 Å². The molecule has 3 heteroatoms. The van der Waals surface area contributed by atoms with Crippen LogP contribution in [-0.4, -0.2) is 23.0 Å². The van der Waals surface area contributed by atoms with Crippen LogP contribution in [0, 0.1) is 12.3 Å². The molecule has 1 heterocycles. The largest absolute Gasteiger partial charge is 0.357 e. The maximum Gasteiger partial charge on any atom is 0.0545 e. The standard InChI is InChI=1S/C17H20N2S/c1-2-11-20-12-10-18-16-9-5-7-14-13-6-3-4-8-15(13)19-17(14)16/h1,3-4,6,8,16,18-19H,5,7,9-12H2. The third-order valence-corrected chi connectivity index (χ3v) is 4.80. The van der Waals surface area contributed by atoms with Crippen LogP contribution in [-0.2, 0) is 6.42 Å². The molecular formula is C17H20N2S. The summed E-state index contributed by atoms with van der Waals surface area (Å²) in [6.45, 7) is 1.02. The number of aromatic amines is 1. The molecule has 2 aromatic rings. The van der Waals surface area contributed by atoms with Crippen molar-refractivity contribution >= 4 is 22.7 Å². The molecule has 1 atom stereocenters. The van der Waals surface area contributed by atoms with Gasteiger partial charge in [0.05, 0.1) is 5.75 Å². The van der Waals surface area contributed by atoms with Crippen molar-refractivity contribution in [2.75, 3.05) is 18.1 Å². The molecule has 3 rings (SSSR count). The van der Waals surface area contributed by atoms with Gasteiger partial charge in [-0.2, -0.15) is 0 Å². The third-order valence-electron chi connectivity index (χ3n) is 3.94. The molecule has 0 radical (unpaired) electrons. The van der Waals surface area contributed by atoms with Crippen LogP contribution in [0.25, 0.3) is 10.9 Å². The molecule has 0 amide bonds. The second kappa shape index (κ2) is 6.39. The van der Waals surface area contributed by atoms with Gasteiger partial charge in [-0.05, 0) is 30.9 Å². The van der Waals surface area contributed by atoms with Crippen LogP contribution in [0.4, 0.5) is 0 Å². The Hall–Kier alpha value is -1.37. The van der Waals surface area contributed by atoms with Crippen molar-refractivity contribution in [3.05, 3.63) is 35.5 Å². The first kappa shape index (κ1) is 13.6. The predicted molar refractivity (Wildman–Crippen MR) is 88.1 cm³/mol. The highest BCUT2D eigenvalue weighted by atomic mass is 32.2. The number of fused-ring (bicyclic) bond motifs is 3. The van der Waals surface area contributed by atoms with Gasteiger partial charge in [0.15, 0.2) is 0 Å². The Morgan fingerprint density at radius 1 is 1.40 bits per heavy atom. The highest BCUT2D eigenvalue weighted by Gasteiger charge is 2.23. The van der Waals surface area contributed by atoms with Crippen LogP contribution < -0.4 is 5.32 Å². The Morgan fingerprint density at radius 2 is 2.30 bits per heavy atom. The quantitative estimate of drug-likeness (QED) is 0.649. The van der Waals surface area contributed by atoms with E-state index in [4.69, 9.17) is 6.42 Å². The monoisotopic (exact) mass is 284 g/mol. The van der Waals surface area contributed by atoms with Crippen molar-refractivity contribution < 1.29 is 0 Å². The zero-order valence-electron chi connectivity index (χ0n) is 11.6. The number of terminal acetylenes is 1. The summed E-state index contributed by atoms with van der Waals surface area (Å²) in [6.07, 6.45) is 8.95. The Bertz CT molecular complexity index is 623. The number of thioether (sulfide) groups is 1. The average Bonchev–Trinajstić information content (AvgIpc) is 2.87. The van der Waals surface area contributed by atoms with E-state index in [1.54, 1.807) is 0 Å². The fourth-order valence-electron chi connectivity index (χ4n) is 3.06. The van der Waals surface area contributed by atoms with E-state index in [1.807, 2.05) is 11.8 Å². The first-order valence-electron chi connectivity index (χ1n) is 7.24. The van der Waals surface area contributed by atoms with Gasteiger partial charge in [-0.15, -0.1) is 18.2 Å². The smallest absolute Gasteiger partial charge is 0.0545 e. The van der Waals surface area contributed by atoms with E-state index in [9.17, 15) is 0 Å². The van der Waals surface area contributed by atoms with Gasteiger partial charge >= 0.3 is 0 Å². The second-order valence-corrected chi connectivity index (χ2v) is 6.32. The lowest BCUT2D eigenvalue weighted by molar-refractivity contribution is 0.466. The van der Waals surface area contributed by atoms with E-state index in [0.29, 0.717) is 6.04 Å². The minimum absolute atomic E-state index is 0.470. The zero-order valence-corrected chi connectivity index (χ0v) is 12.4. The highest BCUT2D eigenvalue weighted by Crippen LogP contribution is 2.34. The molecule has 20 heavy (non-hydrogen) atoms. The Morgan fingerprint density at radius 3 is 3.20 bits per heavy atom. The minimum Gasteiger partial charge on any atom is -0.357 e. The number of hydrogen-bond donors (Lipinski definition) is 2. The number of aryl methyl sites for hydroxylation is 1. The number of H-pyrrole nitrogens is 1. The Balaban J connectivity index is 1.72. The molecule has 0 bridgehead atoms. The van der Waals surface area contributed by atoms with Crippen LogP contribution in [0.3, 0.4) is 0 Å². The van der Waals surface area contributed by atoms with Gasteiger partial charge in [0.2, 0.25) is 0 Å². The topological polar surface area (TPSA) is 27.8 Å². The van der Waals surface area contributed by atoms with Crippen molar-refractivity contribution in [2.45, 2.75) is 25.3 Å². The van der Waals surface area contributed by atoms with E-state index >= 15 is 0 Å². The van der Waals surface area contributed by atoms with Gasteiger partial charge in [0.25, 0.3) is 0 Å². The summed E-state index contributed by atoms with van der Waals surface area (Å²) in [7, 11) is 0. The van der Waals surface area contributed by atoms with Gasteiger partial charge in [0, 0.05) is 34.9 Å². The fourth-order valence-corrected chi connectivity index (χ4v) is 3.58. The lowest BCUT2D eigenvalue weighted by atomic mass is 9.92. The number of benzene rings is 1. The van der Waals surface area contributed by atoms with Crippen LogP contribution in [0.15, 0.2) is 24.3 Å². The molecule has 2 nitrogen and oxygen atoms in total. The molecule has 0 saturated carbocycles. The summed E-state index contributed by atoms with van der Waals surface area (Å²) < 4.78 is 0. The summed E-state index contributed by atoms with van der Waals surface area (Å²) in [4.78, 5) is 3.62. The van der Waals surface area contributed by atoms with E-state index in [2.05, 4.69) is 40.5 Å². The lowest BCUT2D eigenvalue weighted by Gasteiger charge is -2.23. The molecule has 1 unspecified atom stereocenters. The summed E-state index contributed by atoms with van der Waals surface area (Å²) in [5.74, 6) is 4.56. The van der Waals surface area contributed by atoms with E-state index in [1.165, 1.54) is 41.4 Å². The number of aromatic nitrogens is 1. The van der Waals surface area contributed by atoms with Gasteiger partial charge in [-0.3, -0.25) is 0 Å². The summed E-state index contributed by atoms with van der Waals surface area (Å²) in [5, 5.41) is 5.08. The van der Waals surface area contributed by atoms with Crippen molar-refractivity contribution in [1.82, 2.24) is 10.3 Å². The predicted octanol–water partition coefficient (Wildman–Crippen LogP) is 3.50. The normalized spacial score (nSPS) is 17.9. The summed E-state index contributed by atoms with van der Waals surface area (Å²) in [6, 6.07) is 9.11. The fraction of sp³-hybridized carbons (Fsp3) is 0.412. The maximum absolute atomic E-state index is 5.26. The molecule has 2 N–H and O–H groups in total. The van der Waals surface area contributed by atoms with Gasteiger partial charge in [-0.25, -0.2) is 0 Å². The third kappa shape index (κ3) is 2.72. The number of para-hydroxylation sites is 1. The van der Waals surface area contributed by atoms with Crippen LogP contribution in [0.5, 0.6) is 0 Å². The van der Waals surface area contributed by atoms with Crippen molar-refractivity contribution in [3.63, 3.8) is 0 Å². The number of rotatable bonds is 5. The molecule has 0 spiro atoms. The van der Waals surface area contributed by atoms with Crippen LogP contribution in [0.1, 0.15) is 30.1 Å². The van der Waals surface area contributed by atoms with Crippen molar-refractivity contribution in [2.24, 2.45) is 0 Å². The highest BCUT2D eigenvalue weighted by molar-refractivity contribution is 7.99. The SMILES string of the molecule is C#CCSCCNC1CCCc2c1[nH]c1ccccc21. The molecule has 1 aliphatic rings. The van der Waals surface area contributed by atoms with Gasteiger partial charge in [0.1, 0.15) is 0 Å². The zero-order chi connectivity index (χ0) is 13.8. The Kier molecular flexibility index (Phi) is 4.34. The molecule has 1 aromatic heterocycles. The Labute approximate surface area is 124 Å².